The highest BCUT2D eigenvalue weighted by atomic mass is 19.1. The molecular weight excluding hydrogens is 363 g/mol. The minimum Gasteiger partial charge on any atom is -0.366 e. The molecule has 7 nitrogen and oxygen atoms in total. The molecule has 8 heteroatoms. The molecule has 0 spiro atoms. The number of nitrogens with two attached hydrogens (primary N) is 1. The fourth-order valence-electron chi connectivity index (χ4n) is 2.67. The molecule has 0 fully saturated rings. The summed E-state index contributed by atoms with van der Waals surface area (Å²) in [7, 11) is 1.48. The number of rotatable bonds is 4. The number of halogens is 1. The van der Waals surface area contributed by atoms with Gasteiger partial charge < -0.3 is 16.0 Å². The smallest absolute Gasteiger partial charge is 0.313 e. The summed E-state index contributed by atoms with van der Waals surface area (Å²) >= 11 is 0. The number of amides is 3. The van der Waals surface area contributed by atoms with Crippen molar-refractivity contribution in [2.45, 2.75) is 6.54 Å². The van der Waals surface area contributed by atoms with Crippen molar-refractivity contribution in [2.24, 2.45) is 5.73 Å². The maximum Gasteiger partial charge on any atom is 0.313 e. The molecule has 3 amide bonds. The topological polar surface area (TPSA) is 105 Å². The molecule has 0 aliphatic carbocycles. The van der Waals surface area contributed by atoms with E-state index in [0.717, 1.165) is 5.56 Å². The van der Waals surface area contributed by atoms with E-state index in [2.05, 4.69) is 10.3 Å². The van der Waals surface area contributed by atoms with E-state index in [4.69, 9.17) is 5.73 Å². The van der Waals surface area contributed by atoms with Gasteiger partial charge in [0.05, 0.1) is 11.9 Å². The van der Waals surface area contributed by atoms with Crippen molar-refractivity contribution >= 4 is 34.3 Å². The summed E-state index contributed by atoms with van der Waals surface area (Å²) in [5.41, 5.74) is 6.75. The van der Waals surface area contributed by atoms with E-state index in [-0.39, 0.29) is 17.7 Å². The van der Waals surface area contributed by atoms with E-state index >= 15 is 0 Å². The molecule has 0 aliphatic rings. The Labute approximate surface area is 160 Å². The molecule has 3 rings (SSSR count). The lowest BCUT2D eigenvalue weighted by Gasteiger charge is -2.17. The zero-order valence-corrected chi connectivity index (χ0v) is 15.0. The van der Waals surface area contributed by atoms with Crippen molar-refractivity contribution in [3.05, 3.63) is 71.7 Å². The maximum atomic E-state index is 13.7. The summed E-state index contributed by atoms with van der Waals surface area (Å²) in [6.07, 6.45) is 1.29. The molecular formula is C20H17FN4O3. The van der Waals surface area contributed by atoms with Crippen molar-refractivity contribution in [3.63, 3.8) is 0 Å². The van der Waals surface area contributed by atoms with Crippen LogP contribution in [0.5, 0.6) is 0 Å². The highest BCUT2D eigenvalue weighted by Gasteiger charge is 2.19. The van der Waals surface area contributed by atoms with Gasteiger partial charge >= 0.3 is 11.8 Å². The van der Waals surface area contributed by atoms with Gasteiger partial charge in [-0.1, -0.05) is 24.3 Å². The van der Waals surface area contributed by atoms with Crippen molar-refractivity contribution in [1.29, 1.82) is 0 Å². The highest BCUT2D eigenvalue weighted by molar-refractivity contribution is 6.39. The van der Waals surface area contributed by atoms with E-state index in [1.807, 2.05) is 0 Å². The normalized spacial score (nSPS) is 10.5. The van der Waals surface area contributed by atoms with E-state index in [1.165, 1.54) is 30.3 Å². The maximum absolute atomic E-state index is 13.7. The van der Waals surface area contributed by atoms with E-state index in [0.29, 0.717) is 10.9 Å². The van der Waals surface area contributed by atoms with Crippen molar-refractivity contribution in [2.75, 3.05) is 12.4 Å². The third-order valence-electron chi connectivity index (χ3n) is 4.12. The number of nitrogens with zero attached hydrogens (tertiary/aromatic N) is 2. The molecule has 28 heavy (non-hydrogen) atoms. The number of carbonyl (C=O) groups is 3. The van der Waals surface area contributed by atoms with Gasteiger partial charge in [0.2, 0.25) is 5.91 Å². The van der Waals surface area contributed by atoms with Gasteiger partial charge in [-0.3, -0.25) is 19.4 Å². The van der Waals surface area contributed by atoms with Crippen LogP contribution >= 0.6 is 0 Å². The SMILES string of the molecule is CN(Cc1ccc(C(N)=O)cc1)C(=O)C(=O)Nc1cnc2c(F)cccc2c1. The summed E-state index contributed by atoms with van der Waals surface area (Å²) in [4.78, 5) is 40.8. The van der Waals surface area contributed by atoms with Crippen LogP contribution in [0.1, 0.15) is 15.9 Å². The minimum absolute atomic E-state index is 0.173. The first kappa shape index (κ1) is 19.0. The second kappa shape index (κ2) is 7.83. The average Bonchev–Trinajstić information content (AvgIpc) is 2.67. The first-order valence-electron chi connectivity index (χ1n) is 8.34. The third-order valence-corrected chi connectivity index (χ3v) is 4.12. The lowest BCUT2D eigenvalue weighted by atomic mass is 10.1. The number of likely N-dealkylation sites (N-methyl/N-ethyl adjacent to an activating group) is 1. The molecule has 0 saturated carbocycles. The fourth-order valence-corrected chi connectivity index (χ4v) is 2.67. The molecule has 142 valence electrons. The van der Waals surface area contributed by atoms with Gasteiger partial charge in [-0.15, -0.1) is 0 Å². The number of hydrogen-bond acceptors (Lipinski definition) is 4. The van der Waals surface area contributed by atoms with Gasteiger partial charge in [0, 0.05) is 24.5 Å². The Kier molecular flexibility index (Phi) is 5.30. The number of aromatic nitrogens is 1. The monoisotopic (exact) mass is 380 g/mol. The molecule has 2 aromatic carbocycles. The van der Waals surface area contributed by atoms with Gasteiger partial charge in [-0.2, -0.15) is 0 Å². The minimum atomic E-state index is -0.839. The van der Waals surface area contributed by atoms with Crippen LogP contribution in [0.4, 0.5) is 10.1 Å². The number of hydrogen-bond donors (Lipinski definition) is 2. The number of pyridine rings is 1. The highest BCUT2D eigenvalue weighted by Crippen LogP contribution is 2.19. The number of fused-ring (bicyclic) bond motifs is 1. The van der Waals surface area contributed by atoms with Gasteiger partial charge in [0.1, 0.15) is 11.3 Å². The van der Waals surface area contributed by atoms with Gasteiger partial charge in [0.15, 0.2) is 0 Å². The van der Waals surface area contributed by atoms with Gasteiger partial charge in [-0.25, -0.2) is 4.39 Å². The van der Waals surface area contributed by atoms with Gasteiger partial charge in [0.25, 0.3) is 0 Å². The summed E-state index contributed by atoms with van der Waals surface area (Å²) in [5.74, 6) is -2.60. The summed E-state index contributed by atoms with van der Waals surface area (Å²) in [6.45, 7) is 0.173. The van der Waals surface area contributed by atoms with Crippen LogP contribution in [0.15, 0.2) is 54.7 Å². The number of carbonyl (C=O) groups excluding carboxylic acids is 3. The number of benzene rings is 2. The molecule has 3 N–H and O–H groups in total. The van der Waals surface area contributed by atoms with Crippen LogP contribution in [0.2, 0.25) is 0 Å². The predicted octanol–water partition coefficient (Wildman–Crippen LogP) is 2.07. The predicted molar refractivity (Wildman–Crippen MR) is 102 cm³/mol. The van der Waals surface area contributed by atoms with E-state index < -0.39 is 23.5 Å². The second-order valence-electron chi connectivity index (χ2n) is 6.21. The summed E-state index contributed by atoms with van der Waals surface area (Å²) in [6, 6.07) is 12.4. The Balaban J connectivity index is 1.66. The van der Waals surface area contributed by atoms with Crippen LogP contribution in [-0.2, 0) is 16.1 Å². The summed E-state index contributed by atoms with van der Waals surface area (Å²) in [5, 5.41) is 2.98. The fraction of sp³-hybridized carbons (Fsp3) is 0.100. The number of nitrogens with one attached hydrogen (secondary N) is 1. The summed E-state index contributed by atoms with van der Waals surface area (Å²) < 4.78 is 13.7. The third kappa shape index (κ3) is 4.12. The quantitative estimate of drug-likeness (QED) is 0.676. The Morgan fingerprint density at radius 3 is 2.54 bits per heavy atom. The Hall–Kier alpha value is -3.81. The Bertz CT molecular complexity index is 1070. The second-order valence-corrected chi connectivity index (χ2v) is 6.21. The number of primary amides is 1. The Morgan fingerprint density at radius 2 is 1.86 bits per heavy atom. The molecule has 1 aromatic heterocycles. The first-order chi connectivity index (χ1) is 13.3. The zero-order chi connectivity index (χ0) is 20.3. The number of anilines is 1. The van der Waals surface area contributed by atoms with Crippen LogP contribution in [0.3, 0.4) is 0 Å². The molecule has 0 unspecified atom stereocenters. The average molecular weight is 380 g/mol. The Morgan fingerprint density at radius 1 is 1.14 bits per heavy atom. The van der Waals surface area contributed by atoms with Crippen LogP contribution < -0.4 is 11.1 Å². The first-order valence-corrected chi connectivity index (χ1v) is 8.34. The largest absolute Gasteiger partial charge is 0.366 e. The zero-order valence-electron chi connectivity index (χ0n) is 15.0. The lowest BCUT2D eigenvalue weighted by Crippen LogP contribution is -2.36. The van der Waals surface area contributed by atoms with Crippen LogP contribution in [-0.4, -0.2) is 34.7 Å². The lowest BCUT2D eigenvalue weighted by molar-refractivity contribution is -0.142. The van der Waals surface area contributed by atoms with Crippen LogP contribution in [0.25, 0.3) is 10.9 Å². The van der Waals surface area contributed by atoms with Crippen LogP contribution in [0, 0.1) is 5.82 Å². The molecule has 0 atom stereocenters. The molecule has 0 saturated heterocycles. The molecule has 3 aromatic rings. The van der Waals surface area contributed by atoms with E-state index in [1.54, 1.807) is 36.4 Å². The molecule has 0 radical (unpaired) electrons. The van der Waals surface area contributed by atoms with Gasteiger partial charge in [-0.05, 0) is 29.8 Å². The molecule has 0 bridgehead atoms. The standard InChI is InChI=1S/C20H17FN4O3/c1-25(11-12-5-7-13(8-6-12)18(22)26)20(28)19(27)24-15-9-14-3-2-4-16(21)17(14)23-10-15/h2-10H,11H2,1H3,(H2,22,26)(H,24,27). The van der Waals surface area contributed by atoms with Crippen molar-refractivity contribution in [3.8, 4) is 0 Å². The molecule has 0 aliphatic heterocycles. The van der Waals surface area contributed by atoms with Crippen molar-refractivity contribution in [1.82, 2.24) is 9.88 Å². The molecule has 1 heterocycles. The van der Waals surface area contributed by atoms with E-state index in [9.17, 15) is 18.8 Å². The number of para-hydroxylation sites is 1. The van der Waals surface area contributed by atoms with Crippen molar-refractivity contribution < 1.29 is 18.8 Å².